The molecule has 19 heavy (non-hydrogen) atoms. The van der Waals surface area contributed by atoms with Crippen LogP contribution >= 0.6 is 0 Å². The zero-order chi connectivity index (χ0) is 13.7. The lowest BCUT2D eigenvalue weighted by molar-refractivity contribution is 0.0919. The first kappa shape index (κ1) is 13.5. The van der Waals surface area contributed by atoms with Gasteiger partial charge >= 0.3 is 0 Å². The number of rotatable bonds is 5. The number of carbonyl (C=O) groups excluding carboxylic acids is 1. The Kier molecular flexibility index (Phi) is 4.46. The van der Waals surface area contributed by atoms with E-state index < -0.39 is 10.8 Å². The molecule has 0 saturated heterocycles. The van der Waals surface area contributed by atoms with Crippen molar-refractivity contribution >= 4 is 16.7 Å². The summed E-state index contributed by atoms with van der Waals surface area (Å²) in [4.78, 5) is 12.4. The maximum atomic E-state index is 11.9. The second kappa shape index (κ2) is 6.29. The molecule has 1 aromatic heterocycles. The van der Waals surface area contributed by atoms with E-state index in [1.54, 1.807) is 25.1 Å². The molecule has 1 atom stereocenters. The van der Waals surface area contributed by atoms with Crippen molar-refractivity contribution < 1.29 is 13.5 Å². The van der Waals surface area contributed by atoms with E-state index >= 15 is 0 Å². The highest BCUT2D eigenvalue weighted by Gasteiger charge is 2.11. The van der Waals surface area contributed by atoms with Gasteiger partial charge in [-0.15, -0.1) is 0 Å². The van der Waals surface area contributed by atoms with E-state index in [2.05, 4.69) is 10.5 Å². The van der Waals surface area contributed by atoms with E-state index in [1.165, 1.54) is 0 Å². The van der Waals surface area contributed by atoms with Crippen LogP contribution in [0.25, 0.3) is 0 Å². The average Bonchev–Trinajstić information content (AvgIpc) is 2.86. The molecule has 1 heterocycles. The fourth-order valence-electron chi connectivity index (χ4n) is 1.51. The molecule has 0 unspecified atom stereocenters. The van der Waals surface area contributed by atoms with Crippen LogP contribution in [0, 0.1) is 6.92 Å². The Balaban J connectivity index is 1.81. The number of hydrogen-bond donors (Lipinski definition) is 1. The van der Waals surface area contributed by atoms with E-state index in [9.17, 15) is 9.00 Å². The van der Waals surface area contributed by atoms with Crippen molar-refractivity contribution in [3.05, 3.63) is 47.9 Å². The number of hydrogen-bond acceptors (Lipinski definition) is 4. The molecule has 0 aliphatic rings. The minimum atomic E-state index is -1.11. The number of nitrogens with one attached hydrogen (secondary N) is 1. The van der Waals surface area contributed by atoms with Crippen molar-refractivity contribution in [3.8, 4) is 0 Å². The highest BCUT2D eigenvalue weighted by atomic mass is 32.2. The van der Waals surface area contributed by atoms with E-state index in [4.69, 9.17) is 4.52 Å². The fraction of sp³-hybridized carbons (Fsp3) is 0.231. The van der Waals surface area contributed by atoms with Crippen LogP contribution in [0.1, 0.15) is 16.2 Å². The monoisotopic (exact) mass is 278 g/mol. The van der Waals surface area contributed by atoms with Crippen LogP contribution in [0.5, 0.6) is 0 Å². The standard InChI is InChI=1S/C13H14N2O3S/c1-10-9-12(18-15-10)13(16)14-7-8-19(17)11-5-3-2-4-6-11/h2-6,9H,7-8H2,1H3,(H,14,16)/t19-/m0/s1. The molecule has 0 aliphatic heterocycles. The van der Waals surface area contributed by atoms with Crippen LogP contribution in [-0.2, 0) is 10.8 Å². The number of aromatic nitrogens is 1. The number of amides is 1. The molecule has 2 aromatic rings. The van der Waals surface area contributed by atoms with Gasteiger partial charge in [0.1, 0.15) is 0 Å². The molecule has 5 nitrogen and oxygen atoms in total. The lowest BCUT2D eigenvalue weighted by Crippen LogP contribution is -2.27. The SMILES string of the molecule is Cc1cc(C(=O)NCC[S@](=O)c2ccccc2)on1. The largest absolute Gasteiger partial charge is 0.351 e. The Morgan fingerprint density at radius 3 is 2.74 bits per heavy atom. The summed E-state index contributed by atoms with van der Waals surface area (Å²) in [7, 11) is -1.11. The predicted octanol–water partition coefficient (Wildman–Crippen LogP) is 1.52. The highest BCUT2D eigenvalue weighted by molar-refractivity contribution is 7.85. The van der Waals surface area contributed by atoms with Crippen LogP contribution in [0.4, 0.5) is 0 Å². The molecule has 0 saturated carbocycles. The van der Waals surface area contributed by atoms with Gasteiger partial charge in [-0.2, -0.15) is 0 Å². The molecule has 100 valence electrons. The van der Waals surface area contributed by atoms with Gasteiger partial charge < -0.3 is 9.84 Å². The Labute approximate surface area is 113 Å². The normalized spacial score (nSPS) is 12.1. The molecule has 1 amide bonds. The maximum absolute atomic E-state index is 11.9. The van der Waals surface area contributed by atoms with Crippen molar-refractivity contribution in [2.75, 3.05) is 12.3 Å². The Hall–Kier alpha value is -1.95. The predicted molar refractivity (Wildman–Crippen MR) is 71.3 cm³/mol. The minimum Gasteiger partial charge on any atom is -0.351 e. The second-order valence-electron chi connectivity index (χ2n) is 3.95. The van der Waals surface area contributed by atoms with Crippen molar-refractivity contribution in [2.24, 2.45) is 0 Å². The number of carbonyl (C=O) groups is 1. The van der Waals surface area contributed by atoms with E-state index in [0.29, 0.717) is 18.0 Å². The van der Waals surface area contributed by atoms with Crippen LogP contribution in [0.3, 0.4) is 0 Å². The number of aryl methyl sites for hydroxylation is 1. The van der Waals surface area contributed by atoms with Gasteiger partial charge in [0.25, 0.3) is 5.91 Å². The summed E-state index contributed by atoms with van der Waals surface area (Å²) in [6, 6.07) is 10.7. The summed E-state index contributed by atoms with van der Waals surface area (Å²) in [6.07, 6.45) is 0. The van der Waals surface area contributed by atoms with Crippen LogP contribution in [0.15, 0.2) is 45.8 Å². The molecule has 0 spiro atoms. The lowest BCUT2D eigenvalue weighted by atomic mass is 10.4. The summed E-state index contributed by atoms with van der Waals surface area (Å²) in [5.41, 5.74) is 0.651. The number of benzene rings is 1. The van der Waals surface area contributed by atoms with Gasteiger partial charge in [0, 0.05) is 23.3 Å². The van der Waals surface area contributed by atoms with Crippen LogP contribution in [-0.4, -0.2) is 27.6 Å². The van der Waals surface area contributed by atoms with Gasteiger partial charge in [0.2, 0.25) is 5.76 Å². The van der Waals surface area contributed by atoms with Gasteiger partial charge in [-0.3, -0.25) is 9.00 Å². The van der Waals surface area contributed by atoms with E-state index in [1.807, 2.05) is 18.2 Å². The lowest BCUT2D eigenvalue weighted by Gasteiger charge is -2.03. The third kappa shape index (κ3) is 3.75. The molecule has 2 rings (SSSR count). The van der Waals surface area contributed by atoms with Gasteiger partial charge in [-0.05, 0) is 19.1 Å². The molecule has 1 N–H and O–H groups in total. The fourth-order valence-corrected chi connectivity index (χ4v) is 2.49. The molecule has 6 heteroatoms. The first-order valence-electron chi connectivity index (χ1n) is 5.82. The summed E-state index contributed by atoms with van der Waals surface area (Å²) >= 11 is 0. The van der Waals surface area contributed by atoms with Gasteiger partial charge in [0.15, 0.2) is 0 Å². The Morgan fingerprint density at radius 2 is 2.11 bits per heavy atom. The van der Waals surface area contributed by atoms with Crippen molar-refractivity contribution in [1.29, 1.82) is 0 Å². The molecular formula is C13H14N2O3S. The van der Waals surface area contributed by atoms with E-state index in [-0.39, 0.29) is 11.7 Å². The summed E-state index contributed by atoms with van der Waals surface area (Å²) in [5, 5.41) is 6.28. The Bertz CT molecular complexity index is 581. The zero-order valence-corrected chi connectivity index (χ0v) is 11.3. The van der Waals surface area contributed by atoms with E-state index in [0.717, 1.165) is 4.90 Å². The second-order valence-corrected chi connectivity index (χ2v) is 5.52. The summed E-state index contributed by atoms with van der Waals surface area (Å²) in [6.45, 7) is 2.06. The molecule has 1 aromatic carbocycles. The molecule has 0 bridgehead atoms. The zero-order valence-electron chi connectivity index (χ0n) is 10.5. The Morgan fingerprint density at radius 1 is 1.37 bits per heavy atom. The van der Waals surface area contributed by atoms with Crippen molar-refractivity contribution in [2.45, 2.75) is 11.8 Å². The third-order valence-corrected chi connectivity index (χ3v) is 3.80. The van der Waals surface area contributed by atoms with Gasteiger partial charge in [-0.25, -0.2) is 0 Å². The van der Waals surface area contributed by atoms with Crippen molar-refractivity contribution in [1.82, 2.24) is 10.5 Å². The summed E-state index contributed by atoms with van der Waals surface area (Å²) < 4.78 is 16.7. The average molecular weight is 278 g/mol. The molecule has 0 radical (unpaired) electrons. The summed E-state index contributed by atoms with van der Waals surface area (Å²) in [5.74, 6) is 0.191. The molecule has 0 aliphatic carbocycles. The first-order valence-corrected chi connectivity index (χ1v) is 7.13. The highest BCUT2D eigenvalue weighted by Crippen LogP contribution is 2.05. The first-order chi connectivity index (χ1) is 9.16. The van der Waals surface area contributed by atoms with Gasteiger partial charge in [0.05, 0.1) is 16.5 Å². The van der Waals surface area contributed by atoms with Gasteiger partial charge in [-0.1, -0.05) is 23.4 Å². The number of nitrogens with zero attached hydrogens (tertiary/aromatic N) is 1. The maximum Gasteiger partial charge on any atom is 0.289 e. The topological polar surface area (TPSA) is 72.2 Å². The third-order valence-electron chi connectivity index (χ3n) is 2.43. The smallest absolute Gasteiger partial charge is 0.289 e. The van der Waals surface area contributed by atoms with Crippen LogP contribution in [0.2, 0.25) is 0 Å². The van der Waals surface area contributed by atoms with Crippen LogP contribution < -0.4 is 5.32 Å². The molecular weight excluding hydrogens is 264 g/mol. The quantitative estimate of drug-likeness (QED) is 0.900. The van der Waals surface area contributed by atoms with Crippen molar-refractivity contribution in [3.63, 3.8) is 0 Å². The minimum absolute atomic E-state index is 0.169. The molecule has 0 fully saturated rings.